The maximum absolute atomic E-state index is 12.4. The minimum atomic E-state index is -0.939. The highest BCUT2D eigenvalue weighted by Gasteiger charge is 2.63. The van der Waals surface area contributed by atoms with Gasteiger partial charge in [-0.3, -0.25) is 4.57 Å². The number of nitrogens with zero attached hydrogens (tertiary/aromatic N) is 5. The van der Waals surface area contributed by atoms with E-state index in [0.717, 1.165) is 5.69 Å². The Morgan fingerprint density at radius 1 is 1.21 bits per heavy atom. The highest BCUT2D eigenvalue weighted by Crippen LogP contribution is 2.47. The average Bonchev–Trinajstić information content (AvgIpc) is 3.50. The first kappa shape index (κ1) is 27.3. The summed E-state index contributed by atoms with van der Waals surface area (Å²) >= 11 is 0. The number of aromatic nitrogens is 4. The smallest absolute Gasteiger partial charge is 0.319 e. The molecule has 2 saturated heterocycles. The van der Waals surface area contributed by atoms with Crippen LogP contribution in [0.4, 0.5) is 16.3 Å². The van der Waals surface area contributed by atoms with Gasteiger partial charge >= 0.3 is 6.03 Å². The Balaban J connectivity index is 1.18. The van der Waals surface area contributed by atoms with Crippen LogP contribution in [-0.4, -0.2) is 81.7 Å². The molecule has 12 heteroatoms. The Bertz CT molecular complexity index is 1340. The standard InChI is InChI=1S/C27H38N8O4/c1-25(2,3)17-7-9-18(10-8-17)33-24(36)29-11-12-34(6)13-19-21-27(14-37-19,39-26(4,5)38-21)35-16-32-20-22(28)30-15-31-23(20)35/h7-10,15-16,19,21H,11-14H2,1-6H3,(H2,28,30,31)(H2,29,33,36). The zero-order valence-electron chi connectivity index (χ0n) is 23.4. The van der Waals surface area contributed by atoms with Crippen LogP contribution in [-0.2, 0) is 25.4 Å². The number of hydrogen-bond donors (Lipinski definition) is 3. The normalized spacial score (nSPS) is 24.3. The number of benzene rings is 1. The minimum Gasteiger partial charge on any atom is -0.382 e. The molecule has 3 atom stereocenters. The number of anilines is 2. The number of nitrogens with two attached hydrogens (primary N) is 1. The average molecular weight is 539 g/mol. The molecule has 2 aliphatic rings. The number of likely N-dealkylation sites (N-methyl/N-ethyl adjacent to an activating group) is 1. The van der Waals surface area contributed by atoms with Crippen molar-refractivity contribution in [3.05, 3.63) is 42.5 Å². The van der Waals surface area contributed by atoms with Crippen LogP contribution in [0, 0.1) is 0 Å². The molecular weight excluding hydrogens is 500 g/mol. The molecule has 5 rings (SSSR count). The zero-order valence-corrected chi connectivity index (χ0v) is 23.4. The fraction of sp³-hybridized carbons (Fsp3) is 0.556. The molecule has 0 radical (unpaired) electrons. The fourth-order valence-electron chi connectivity index (χ4n) is 5.22. The Kier molecular flexibility index (Phi) is 7.00. The number of hydrogen-bond acceptors (Lipinski definition) is 9. The van der Waals surface area contributed by atoms with Gasteiger partial charge in [-0.2, -0.15) is 0 Å². The summed E-state index contributed by atoms with van der Waals surface area (Å²) in [6.07, 6.45) is 2.38. The molecule has 2 fully saturated rings. The van der Waals surface area contributed by atoms with Crippen LogP contribution in [0.5, 0.6) is 0 Å². The van der Waals surface area contributed by atoms with Gasteiger partial charge in [-0.05, 0) is 44.0 Å². The van der Waals surface area contributed by atoms with E-state index in [-0.39, 0.29) is 24.2 Å². The van der Waals surface area contributed by atoms with Gasteiger partial charge in [-0.1, -0.05) is 32.9 Å². The molecule has 1 aromatic carbocycles. The fourth-order valence-corrected chi connectivity index (χ4v) is 5.22. The second-order valence-electron chi connectivity index (χ2n) is 11.8. The summed E-state index contributed by atoms with van der Waals surface area (Å²) in [5, 5.41) is 5.81. The van der Waals surface area contributed by atoms with E-state index in [2.05, 4.69) is 51.3 Å². The number of urea groups is 1. The summed E-state index contributed by atoms with van der Waals surface area (Å²) in [6.45, 7) is 12.2. The van der Waals surface area contributed by atoms with Gasteiger partial charge in [-0.15, -0.1) is 0 Å². The lowest BCUT2D eigenvalue weighted by atomic mass is 9.87. The topological polar surface area (TPSA) is 142 Å². The van der Waals surface area contributed by atoms with Gasteiger partial charge in [0, 0.05) is 25.3 Å². The summed E-state index contributed by atoms with van der Waals surface area (Å²) in [6, 6.07) is 7.67. The monoisotopic (exact) mass is 538 g/mol. The predicted molar refractivity (Wildman–Crippen MR) is 147 cm³/mol. The van der Waals surface area contributed by atoms with Crippen molar-refractivity contribution in [2.75, 3.05) is 44.3 Å². The van der Waals surface area contributed by atoms with Crippen LogP contribution >= 0.6 is 0 Å². The molecule has 3 aromatic rings. The third-order valence-corrected chi connectivity index (χ3v) is 7.17. The van der Waals surface area contributed by atoms with Gasteiger partial charge in [0.2, 0.25) is 5.72 Å². The molecule has 0 saturated carbocycles. The molecule has 2 amide bonds. The van der Waals surface area contributed by atoms with E-state index >= 15 is 0 Å². The van der Waals surface area contributed by atoms with E-state index < -0.39 is 17.6 Å². The first-order valence-corrected chi connectivity index (χ1v) is 13.2. The second kappa shape index (κ2) is 10.0. The van der Waals surface area contributed by atoms with E-state index in [1.165, 1.54) is 11.9 Å². The highest BCUT2D eigenvalue weighted by molar-refractivity contribution is 5.89. The van der Waals surface area contributed by atoms with Gasteiger partial charge in [-0.25, -0.2) is 19.7 Å². The van der Waals surface area contributed by atoms with Crippen LogP contribution in [0.1, 0.15) is 40.2 Å². The lowest BCUT2D eigenvalue weighted by molar-refractivity contribution is -0.205. The largest absolute Gasteiger partial charge is 0.382 e. The summed E-state index contributed by atoms with van der Waals surface area (Å²) in [5.74, 6) is -0.524. The molecule has 2 aromatic heterocycles. The van der Waals surface area contributed by atoms with E-state index in [9.17, 15) is 4.79 Å². The number of carbonyl (C=O) groups is 1. The van der Waals surface area contributed by atoms with Crippen molar-refractivity contribution in [3.8, 4) is 0 Å². The van der Waals surface area contributed by atoms with Crippen molar-refractivity contribution in [1.82, 2.24) is 29.7 Å². The second-order valence-corrected chi connectivity index (χ2v) is 11.8. The third kappa shape index (κ3) is 5.42. The maximum Gasteiger partial charge on any atom is 0.319 e. The Morgan fingerprint density at radius 3 is 2.67 bits per heavy atom. The van der Waals surface area contributed by atoms with Crippen LogP contribution in [0.25, 0.3) is 11.2 Å². The third-order valence-electron chi connectivity index (χ3n) is 7.17. The quantitative estimate of drug-likeness (QED) is 0.414. The lowest BCUT2D eigenvalue weighted by Gasteiger charge is -2.29. The molecule has 2 aliphatic heterocycles. The maximum atomic E-state index is 12.4. The first-order chi connectivity index (χ1) is 18.4. The molecule has 0 aliphatic carbocycles. The van der Waals surface area contributed by atoms with Gasteiger partial charge < -0.3 is 35.5 Å². The summed E-state index contributed by atoms with van der Waals surface area (Å²) in [7, 11) is 1.98. The molecular formula is C27H38N8O4. The van der Waals surface area contributed by atoms with Crippen LogP contribution < -0.4 is 16.4 Å². The minimum absolute atomic E-state index is 0.0639. The Labute approximate surface area is 228 Å². The lowest BCUT2D eigenvalue weighted by Crippen LogP contribution is -2.47. The number of nitrogen functional groups attached to an aromatic ring is 1. The molecule has 39 heavy (non-hydrogen) atoms. The first-order valence-electron chi connectivity index (χ1n) is 13.2. The molecule has 0 spiro atoms. The number of amides is 2. The van der Waals surface area contributed by atoms with Crippen molar-refractivity contribution in [1.29, 1.82) is 0 Å². The summed E-state index contributed by atoms with van der Waals surface area (Å²) in [5.41, 5.74) is 8.18. The molecule has 4 N–H and O–H groups in total. The van der Waals surface area contributed by atoms with Crippen LogP contribution in [0.2, 0.25) is 0 Å². The molecule has 3 unspecified atom stereocenters. The summed E-state index contributed by atoms with van der Waals surface area (Å²) < 4.78 is 20.9. The number of imidazole rings is 1. The zero-order chi connectivity index (χ0) is 28.0. The van der Waals surface area contributed by atoms with Gasteiger partial charge in [0.15, 0.2) is 17.3 Å². The van der Waals surface area contributed by atoms with Crippen molar-refractivity contribution in [3.63, 3.8) is 0 Å². The van der Waals surface area contributed by atoms with Crippen LogP contribution in [0.15, 0.2) is 36.9 Å². The van der Waals surface area contributed by atoms with Gasteiger partial charge in [0.1, 0.15) is 24.1 Å². The van der Waals surface area contributed by atoms with Crippen molar-refractivity contribution < 1.29 is 19.0 Å². The predicted octanol–water partition coefficient (Wildman–Crippen LogP) is 2.66. The Morgan fingerprint density at radius 2 is 1.95 bits per heavy atom. The SMILES string of the molecule is CN(CCNC(=O)Nc1ccc(C(C)(C)C)cc1)CC1OCC2(n3cnc4c(N)ncnc43)OC(C)(C)OC12. The highest BCUT2D eigenvalue weighted by atomic mass is 16.8. The van der Waals surface area contributed by atoms with E-state index in [1.807, 2.05) is 49.7 Å². The van der Waals surface area contributed by atoms with E-state index in [4.69, 9.17) is 19.9 Å². The van der Waals surface area contributed by atoms with Gasteiger partial charge in [0.25, 0.3) is 0 Å². The van der Waals surface area contributed by atoms with Crippen molar-refractivity contribution in [2.24, 2.45) is 0 Å². The molecule has 0 bridgehead atoms. The molecule has 12 nitrogen and oxygen atoms in total. The van der Waals surface area contributed by atoms with Crippen LogP contribution in [0.3, 0.4) is 0 Å². The number of ether oxygens (including phenoxy) is 3. The van der Waals surface area contributed by atoms with E-state index in [1.54, 1.807) is 6.33 Å². The van der Waals surface area contributed by atoms with Crippen molar-refractivity contribution in [2.45, 2.75) is 63.8 Å². The summed E-state index contributed by atoms with van der Waals surface area (Å²) in [4.78, 5) is 27.4. The molecule has 210 valence electrons. The Hall–Kier alpha value is -3.32. The van der Waals surface area contributed by atoms with Gasteiger partial charge in [0.05, 0.1) is 12.9 Å². The number of nitrogens with one attached hydrogen (secondary N) is 2. The molecule has 4 heterocycles. The van der Waals surface area contributed by atoms with Crippen molar-refractivity contribution >= 4 is 28.7 Å². The number of carbonyl (C=O) groups excluding carboxylic acids is 1. The number of fused-ring (bicyclic) bond motifs is 2. The number of rotatable bonds is 7. The van der Waals surface area contributed by atoms with E-state index in [0.29, 0.717) is 36.6 Å².